The lowest BCUT2D eigenvalue weighted by Gasteiger charge is -2.16. The van der Waals surface area contributed by atoms with E-state index in [4.69, 9.17) is 4.74 Å². The second-order valence-electron chi connectivity index (χ2n) is 5.53. The standard InChI is InChI=1S/C14H23NO5/c1-7(2)12-13(18)11(14(19)15-12)10(17)6-9(20-4)5-8(3)16/h7-9,12,16,18H,5-6H2,1-4H3,(H,15,19). The summed E-state index contributed by atoms with van der Waals surface area (Å²) >= 11 is 0. The first kappa shape index (κ1) is 16.7. The molecule has 0 aliphatic carbocycles. The van der Waals surface area contributed by atoms with Gasteiger partial charge in [-0.25, -0.2) is 0 Å². The summed E-state index contributed by atoms with van der Waals surface area (Å²) in [4.78, 5) is 23.9. The molecule has 0 saturated heterocycles. The van der Waals surface area contributed by atoms with Crippen molar-refractivity contribution in [1.82, 2.24) is 5.32 Å². The molecule has 0 saturated carbocycles. The molecule has 6 heteroatoms. The highest BCUT2D eigenvalue weighted by molar-refractivity contribution is 6.21. The second-order valence-corrected chi connectivity index (χ2v) is 5.53. The van der Waals surface area contributed by atoms with E-state index in [0.717, 1.165) is 0 Å². The zero-order chi connectivity index (χ0) is 15.4. The summed E-state index contributed by atoms with van der Waals surface area (Å²) < 4.78 is 5.12. The number of hydrogen-bond donors (Lipinski definition) is 3. The molecular formula is C14H23NO5. The first-order valence-corrected chi connectivity index (χ1v) is 6.76. The number of carbonyl (C=O) groups excluding carboxylic acids is 2. The molecule has 0 fully saturated rings. The third-order valence-electron chi connectivity index (χ3n) is 3.36. The number of aliphatic hydroxyl groups excluding tert-OH is 2. The topological polar surface area (TPSA) is 95.9 Å². The molecule has 1 amide bonds. The molecule has 3 atom stereocenters. The Bertz CT molecular complexity index is 414. The van der Waals surface area contributed by atoms with Gasteiger partial charge in [0.25, 0.3) is 5.91 Å². The normalized spacial score (nSPS) is 22.1. The highest BCUT2D eigenvalue weighted by Crippen LogP contribution is 2.23. The lowest BCUT2D eigenvalue weighted by molar-refractivity contribution is -0.123. The number of carbonyl (C=O) groups is 2. The van der Waals surface area contributed by atoms with Crippen LogP contribution in [0.3, 0.4) is 0 Å². The van der Waals surface area contributed by atoms with Gasteiger partial charge in [0, 0.05) is 13.5 Å². The first-order chi connectivity index (χ1) is 9.27. The Morgan fingerprint density at radius 3 is 2.40 bits per heavy atom. The Labute approximate surface area is 118 Å². The van der Waals surface area contributed by atoms with Crippen LogP contribution in [0.2, 0.25) is 0 Å². The van der Waals surface area contributed by atoms with Crippen molar-refractivity contribution >= 4 is 11.7 Å². The summed E-state index contributed by atoms with van der Waals surface area (Å²) in [5.74, 6) is -1.20. The fourth-order valence-corrected chi connectivity index (χ4v) is 2.26. The number of ether oxygens (including phenoxy) is 1. The minimum absolute atomic E-state index is 0.0000592. The Hall–Kier alpha value is -1.40. The van der Waals surface area contributed by atoms with Crippen molar-refractivity contribution in [2.75, 3.05) is 7.11 Å². The van der Waals surface area contributed by atoms with Crippen LogP contribution in [0.25, 0.3) is 0 Å². The maximum Gasteiger partial charge on any atom is 0.259 e. The number of Topliss-reactive ketones (excluding diaryl/α,β-unsaturated/α-hetero) is 1. The van der Waals surface area contributed by atoms with Crippen LogP contribution in [0.15, 0.2) is 11.3 Å². The average molecular weight is 285 g/mol. The molecule has 114 valence electrons. The number of methoxy groups -OCH3 is 1. The van der Waals surface area contributed by atoms with Gasteiger partial charge in [-0.2, -0.15) is 0 Å². The molecule has 0 aromatic heterocycles. The third kappa shape index (κ3) is 3.80. The molecular weight excluding hydrogens is 262 g/mol. The van der Waals surface area contributed by atoms with Crippen molar-refractivity contribution in [1.29, 1.82) is 0 Å². The predicted molar refractivity (Wildman–Crippen MR) is 73.1 cm³/mol. The lowest BCUT2D eigenvalue weighted by Crippen LogP contribution is -2.33. The van der Waals surface area contributed by atoms with Gasteiger partial charge in [0.05, 0.1) is 18.2 Å². The van der Waals surface area contributed by atoms with Crippen LogP contribution in [-0.4, -0.2) is 47.3 Å². The quantitative estimate of drug-likeness (QED) is 0.598. The monoisotopic (exact) mass is 285 g/mol. The molecule has 0 aromatic rings. The Balaban J connectivity index is 2.82. The van der Waals surface area contributed by atoms with Gasteiger partial charge in [0.2, 0.25) is 0 Å². The Morgan fingerprint density at radius 1 is 1.40 bits per heavy atom. The summed E-state index contributed by atoms with van der Waals surface area (Å²) in [6.45, 7) is 5.30. The van der Waals surface area contributed by atoms with Gasteiger partial charge < -0.3 is 20.3 Å². The van der Waals surface area contributed by atoms with E-state index in [9.17, 15) is 19.8 Å². The molecule has 3 N–H and O–H groups in total. The molecule has 0 spiro atoms. The van der Waals surface area contributed by atoms with E-state index in [1.165, 1.54) is 7.11 Å². The van der Waals surface area contributed by atoms with Gasteiger partial charge in [0.1, 0.15) is 11.3 Å². The van der Waals surface area contributed by atoms with E-state index in [1.807, 2.05) is 13.8 Å². The van der Waals surface area contributed by atoms with E-state index in [2.05, 4.69) is 5.32 Å². The maximum atomic E-state index is 12.1. The molecule has 1 aliphatic heterocycles. The highest BCUT2D eigenvalue weighted by atomic mass is 16.5. The molecule has 1 aliphatic rings. The van der Waals surface area contributed by atoms with Crippen molar-refractivity contribution < 1.29 is 24.5 Å². The summed E-state index contributed by atoms with van der Waals surface area (Å²) in [5, 5.41) is 21.9. The predicted octanol–water partition coefficient (Wildman–Crippen LogP) is 0.698. The van der Waals surface area contributed by atoms with Crippen molar-refractivity contribution in [3.8, 4) is 0 Å². The molecule has 20 heavy (non-hydrogen) atoms. The van der Waals surface area contributed by atoms with Crippen LogP contribution in [0.5, 0.6) is 0 Å². The van der Waals surface area contributed by atoms with E-state index in [0.29, 0.717) is 6.42 Å². The lowest BCUT2D eigenvalue weighted by atomic mass is 9.98. The van der Waals surface area contributed by atoms with Crippen molar-refractivity contribution in [3.05, 3.63) is 11.3 Å². The summed E-state index contributed by atoms with van der Waals surface area (Å²) in [6, 6.07) is -0.515. The van der Waals surface area contributed by atoms with Gasteiger partial charge in [0.15, 0.2) is 5.78 Å². The molecule has 3 unspecified atom stereocenters. The van der Waals surface area contributed by atoms with Crippen LogP contribution in [-0.2, 0) is 14.3 Å². The minimum atomic E-state index is -0.601. The molecule has 6 nitrogen and oxygen atoms in total. The van der Waals surface area contributed by atoms with Gasteiger partial charge in [-0.05, 0) is 19.3 Å². The van der Waals surface area contributed by atoms with E-state index < -0.39 is 29.9 Å². The molecule has 0 radical (unpaired) electrons. The maximum absolute atomic E-state index is 12.1. The minimum Gasteiger partial charge on any atom is -0.509 e. The third-order valence-corrected chi connectivity index (χ3v) is 3.36. The SMILES string of the molecule is COC(CC(=O)C1=C(O)C(C(C)C)NC1=O)CC(C)O. The fourth-order valence-electron chi connectivity index (χ4n) is 2.26. The van der Waals surface area contributed by atoms with Crippen LogP contribution in [0.4, 0.5) is 0 Å². The van der Waals surface area contributed by atoms with Gasteiger partial charge in [-0.1, -0.05) is 13.8 Å². The number of rotatable bonds is 7. The van der Waals surface area contributed by atoms with Crippen LogP contribution >= 0.6 is 0 Å². The zero-order valence-electron chi connectivity index (χ0n) is 12.3. The van der Waals surface area contributed by atoms with Gasteiger partial charge in [-0.15, -0.1) is 0 Å². The highest BCUT2D eigenvalue weighted by Gasteiger charge is 2.37. The van der Waals surface area contributed by atoms with E-state index in [1.54, 1.807) is 6.92 Å². The smallest absolute Gasteiger partial charge is 0.259 e. The van der Waals surface area contributed by atoms with Gasteiger partial charge >= 0.3 is 0 Å². The number of ketones is 1. The largest absolute Gasteiger partial charge is 0.509 e. The Kier molecular flexibility index (Phi) is 5.71. The molecule has 1 rings (SSSR count). The summed E-state index contributed by atoms with van der Waals surface area (Å²) in [6.07, 6.45) is -0.824. The number of hydrogen-bond acceptors (Lipinski definition) is 5. The van der Waals surface area contributed by atoms with Gasteiger partial charge in [-0.3, -0.25) is 9.59 Å². The zero-order valence-corrected chi connectivity index (χ0v) is 12.3. The number of amides is 1. The van der Waals surface area contributed by atoms with Crippen LogP contribution in [0.1, 0.15) is 33.6 Å². The molecule has 0 aromatic carbocycles. The summed E-state index contributed by atoms with van der Waals surface area (Å²) in [5.41, 5.74) is -0.184. The van der Waals surface area contributed by atoms with E-state index >= 15 is 0 Å². The molecule has 1 heterocycles. The Morgan fingerprint density at radius 2 is 2.00 bits per heavy atom. The fraction of sp³-hybridized carbons (Fsp3) is 0.714. The van der Waals surface area contributed by atoms with Crippen molar-refractivity contribution in [2.45, 2.75) is 51.9 Å². The van der Waals surface area contributed by atoms with Crippen molar-refractivity contribution in [3.63, 3.8) is 0 Å². The van der Waals surface area contributed by atoms with Crippen LogP contribution in [0, 0.1) is 5.92 Å². The van der Waals surface area contributed by atoms with E-state index in [-0.39, 0.29) is 23.7 Å². The number of nitrogens with one attached hydrogen (secondary N) is 1. The average Bonchev–Trinajstić information content (AvgIpc) is 2.63. The first-order valence-electron chi connectivity index (χ1n) is 6.76. The van der Waals surface area contributed by atoms with Crippen molar-refractivity contribution in [2.24, 2.45) is 5.92 Å². The summed E-state index contributed by atoms with van der Waals surface area (Å²) in [7, 11) is 1.44. The van der Waals surface area contributed by atoms with Crippen LogP contribution < -0.4 is 5.32 Å². The second kappa shape index (κ2) is 6.85. The molecule has 0 bridgehead atoms. The number of aliphatic hydroxyl groups is 2.